The first-order valence-corrected chi connectivity index (χ1v) is 6.44. The Bertz CT molecular complexity index is 700. The molecule has 1 aliphatic carbocycles. The van der Waals surface area contributed by atoms with Crippen LogP contribution in [0.5, 0.6) is 0 Å². The van der Waals surface area contributed by atoms with Gasteiger partial charge in [0.15, 0.2) is 11.5 Å². The van der Waals surface area contributed by atoms with Crippen molar-refractivity contribution < 1.29 is 19.2 Å². The Labute approximate surface area is 118 Å². The first-order chi connectivity index (χ1) is 10.0. The fraction of sp³-hybridized carbons (Fsp3) is 0.417. The summed E-state index contributed by atoms with van der Waals surface area (Å²) in [6.45, 7) is 1.60. The van der Waals surface area contributed by atoms with Crippen LogP contribution in [0.1, 0.15) is 40.7 Å². The number of aromatic carboxylic acids is 1. The summed E-state index contributed by atoms with van der Waals surface area (Å²) >= 11 is 0. The lowest BCUT2D eigenvalue weighted by Crippen LogP contribution is -2.21. The number of nitrogens with zero attached hydrogens (tertiary/aromatic N) is 4. The predicted molar refractivity (Wildman–Crippen MR) is 68.8 cm³/mol. The molecule has 0 radical (unpaired) electrons. The minimum absolute atomic E-state index is 0.0809. The lowest BCUT2D eigenvalue weighted by atomic mass is 10.2. The van der Waals surface area contributed by atoms with Crippen molar-refractivity contribution in [3.8, 4) is 0 Å². The Kier molecular flexibility index (Phi) is 3.16. The summed E-state index contributed by atoms with van der Waals surface area (Å²) in [5.41, 5.74) is 0.427. The molecule has 21 heavy (non-hydrogen) atoms. The molecular formula is C12H13N5O4. The van der Waals surface area contributed by atoms with Crippen LogP contribution in [0.3, 0.4) is 0 Å². The second kappa shape index (κ2) is 5.00. The van der Waals surface area contributed by atoms with Gasteiger partial charge in [0.05, 0.1) is 5.69 Å². The van der Waals surface area contributed by atoms with Gasteiger partial charge in [-0.15, -0.1) is 5.10 Å². The number of aromatic nitrogens is 4. The van der Waals surface area contributed by atoms with Gasteiger partial charge < -0.3 is 14.9 Å². The van der Waals surface area contributed by atoms with Gasteiger partial charge in [0, 0.05) is 12.0 Å². The molecule has 1 amide bonds. The van der Waals surface area contributed by atoms with E-state index in [-0.39, 0.29) is 24.1 Å². The van der Waals surface area contributed by atoms with Gasteiger partial charge in [0.2, 0.25) is 5.91 Å². The largest absolute Gasteiger partial charge is 0.476 e. The number of nitrogens with one attached hydrogen (secondary N) is 1. The highest BCUT2D eigenvalue weighted by Crippen LogP contribution is 2.41. The summed E-state index contributed by atoms with van der Waals surface area (Å²) in [5.74, 6) is -0.488. The first-order valence-electron chi connectivity index (χ1n) is 6.44. The third kappa shape index (κ3) is 2.76. The molecule has 2 heterocycles. The molecule has 0 atom stereocenters. The molecule has 9 nitrogen and oxygen atoms in total. The van der Waals surface area contributed by atoms with E-state index in [2.05, 4.69) is 20.8 Å². The van der Waals surface area contributed by atoms with Crippen molar-refractivity contribution in [2.24, 2.45) is 0 Å². The van der Waals surface area contributed by atoms with Crippen molar-refractivity contribution in [3.05, 3.63) is 23.2 Å². The maximum atomic E-state index is 11.9. The van der Waals surface area contributed by atoms with E-state index in [1.807, 2.05) is 0 Å². The molecule has 3 rings (SSSR count). The molecule has 1 saturated carbocycles. The highest BCUT2D eigenvalue weighted by atomic mass is 16.5. The molecule has 0 unspecified atom stereocenters. The smallest absolute Gasteiger partial charge is 0.358 e. The average Bonchev–Trinajstić information content (AvgIpc) is 3.04. The number of carboxylic acid groups (broad SMARTS) is 1. The van der Waals surface area contributed by atoms with Crippen LogP contribution in [0.15, 0.2) is 10.6 Å². The summed E-state index contributed by atoms with van der Waals surface area (Å²) in [4.78, 5) is 23.0. The van der Waals surface area contributed by atoms with Gasteiger partial charge in [-0.2, -0.15) is 0 Å². The summed E-state index contributed by atoms with van der Waals surface area (Å²) in [6.07, 6.45) is 1.77. The van der Waals surface area contributed by atoms with Gasteiger partial charge in [-0.3, -0.25) is 4.79 Å². The Balaban J connectivity index is 1.75. The SMILES string of the molecule is Cc1cc(NC(=O)Cn2nnc(C(=O)O)c2C2CC2)no1. The third-order valence-electron chi connectivity index (χ3n) is 3.13. The number of carboxylic acids is 1. The molecule has 0 saturated heterocycles. The monoisotopic (exact) mass is 291 g/mol. The van der Waals surface area contributed by atoms with Crippen molar-refractivity contribution >= 4 is 17.7 Å². The van der Waals surface area contributed by atoms with E-state index < -0.39 is 5.97 Å². The summed E-state index contributed by atoms with van der Waals surface area (Å²) in [5, 5.41) is 22.7. The van der Waals surface area contributed by atoms with Crippen LogP contribution >= 0.6 is 0 Å². The molecule has 1 fully saturated rings. The van der Waals surface area contributed by atoms with E-state index in [1.54, 1.807) is 13.0 Å². The quantitative estimate of drug-likeness (QED) is 0.834. The molecule has 2 aromatic rings. The van der Waals surface area contributed by atoms with Crippen molar-refractivity contribution in [1.29, 1.82) is 0 Å². The van der Waals surface area contributed by atoms with Gasteiger partial charge in [-0.05, 0) is 19.8 Å². The molecule has 0 aliphatic heterocycles. The Hall–Kier alpha value is -2.71. The van der Waals surface area contributed by atoms with Crippen LogP contribution in [0.2, 0.25) is 0 Å². The molecule has 0 spiro atoms. The number of hydrogen-bond acceptors (Lipinski definition) is 6. The number of carbonyl (C=O) groups excluding carboxylic acids is 1. The maximum Gasteiger partial charge on any atom is 0.358 e. The minimum Gasteiger partial charge on any atom is -0.476 e. The van der Waals surface area contributed by atoms with E-state index in [0.29, 0.717) is 17.3 Å². The highest BCUT2D eigenvalue weighted by molar-refractivity contribution is 5.90. The molecule has 2 N–H and O–H groups in total. The molecular weight excluding hydrogens is 278 g/mol. The van der Waals surface area contributed by atoms with Crippen molar-refractivity contribution in [2.45, 2.75) is 32.2 Å². The van der Waals surface area contributed by atoms with E-state index in [4.69, 9.17) is 9.63 Å². The van der Waals surface area contributed by atoms with Crippen LogP contribution in [-0.2, 0) is 11.3 Å². The van der Waals surface area contributed by atoms with Gasteiger partial charge in [-0.1, -0.05) is 10.4 Å². The topological polar surface area (TPSA) is 123 Å². The zero-order valence-electron chi connectivity index (χ0n) is 11.2. The zero-order chi connectivity index (χ0) is 15.0. The van der Waals surface area contributed by atoms with Crippen molar-refractivity contribution in [2.75, 3.05) is 5.32 Å². The van der Waals surface area contributed by atoms with E-state index in [1.165, 1.54) is 4.68 Å². The molecule has 1 aliphatic rings. The van der Waals surface area contributed by atoms with E-state index in [0.717, 1.165) is 12.8 Å². The fourth-order valence-electron chi connectivity index (χ4n) is 2.09. The number of amides is 1. The normalized spacial score (nSPS) is 14.1. The van der Waals surface area contributed by atoms with Gasteiger partial charge in [0.1, 0.15) is 12.3 Å². The van der Waals surface area contributed by atoms with Crippen molar-refractivity contribution in [3.63, 3.8) is 0 Å². The number of hydrogen-bond donors (Lipinski definition) is 2. The fourth-order valence-corrected chi connectivity index (χ4v) is 2.09. The van der Waals surface area contributed by atoms with Crippen LogP contribution in [0.4, 0.5) is 5.82 Å². The van der Waals surface area contributed by atoms with Crippen molar-refractivity contribution in [1.82, 2.24) is 20.2 Å². The Morgan fingerprint density at radius 1 is 1.52 bits per heavy atom. The predicted octanol–water partition coefficient (Wildman–Crippen LogP) is 0.789. The molecule has 2 aromatic heterocycles. The average molecular weight is 291 g/mol. The van der Waals surface area contributed by atoms with Gasteiger partial charge in [-0.25, -0.2) is 9.48 Å². The second-order valence-electron chi connectivity index (χ2n) is 4.93. The lowest BCUT2D eigenvalue weighted by Gasteiger charge is -2.05. The van der Waals surface area contributed by atoms with Crippen LogP contribution in [-0.4, -0.2) is 37.1 Å². The van der Waals surface area contributed by atoms with E-state index in [9.17, 15) is 9.59 Å². The summed E-state index contributed by atoms with van der Waals surface area (Å²) in [7, 11) is 0. The molecule has 0 aromatic carbocycles. The standard InChI is InChI=1S/C12H13N5O4/c1-6-4-8(15-21-6)13-9(18)5-17-11(7-2-3-7)10(12(19)20)14-16-17/h4,7H,2-3,5H2,1H3,(H,19,20)(H,13,15,18). The number of carbonyl (C=O) groups is 2. The number of rotatable bonds is 5. The van der Waals surface area contributed by atoms with Gasteiger partial charge >= 0.3 is 5.97 Å². The second-order valence-corrected chi connectivity index (χ2v) is 4.93. The number of anilines is 1. The third-order valence-corrected chi connectivity index (χ3v) is 3.13. The van der Waals surface area contributed by atoms with Gasteiger partial charge in [0.25, 0.3) is 0 Å². The zero-order valence-corrected chi connectivity index (χ0v) is 11.2. The van der Waals surface area contributed by atoms with Crippen LogP contribution in [0.25, 0.3) is 0 Å². The first kappa shape index (κ1) is 13.3. The lowest BCUT2D eigenvalue weighted by molar-refractivity contribution is -0.117. The Morgan fingerprint density at radius 3 is 2.86 bits per heavy atom. The van der Waals surface area contributed by atoms with Crippen LogP contribution < -0.4 is 5.32 Å². The molecule has 110 valence electrons. The number of aryl methyl sites for hydroxylation is 1. The highest BCUT2D eigenvalue weighted by Gasteiger charge is 2.34. The maximum absolute atomic E-state index is 11.9. The summed E-state index contributed by atoms with van der Waals surface area (Å²) in [6, 6.07) is 1.59. The van der Waals surface area contributed by atoms with Crippen LogP contribution in [0, 0.1) is 6.92 Å². The molecule has 9 heteroatoms. The minimum atomic E-state index is -1.13. The molecule has 0 bridgehead atoms. The Morgan fingerprint density at radius 2 is 2.29 bits per heavy atom. The van der Waals surface area contributed by atoms with E-state index >= 15 is 0 Å². The summed E-state index contributed by atoms with van der Waals surface area (Å²) < 4.78 is 6.18.